The third-order valence-electron chi connectivity index (χ3n) is 3.24. The fourth-order valence-corrected chi connectivity index (χ4v) is 3.53. The Morgan fingerprint density at radius 2 is 2.05 bits per heavy atom. The van der Waals surface area contributed by atoms with Gasteiger partial charge in [-0.15, -0.1) is 0 Å². The maximum atomic E-state index is 12.0. The summed E-state index contributed by atoms with van der Waals surface area (Å²) in [6, 6.07) is 7.20. The molecule has 0 fully saturated rings. The van der Waals surface area contributed by atoms with Crippen molar-refractivity contribution in [1.29, 1.82) is 0 Å². The van der Waals surface area contributed by atoms with Gasteiger partial charge in [0, 0.05) is 12.6 Å². The van der Waals surface area contributed by atoms with Crippen molar-refractivity contribution in [3.05, 3.63) is 35.4 Å². The van der Waals surface area contributed by atoms with Crippen LogP contribution in [0.5, 0.6) is 0 Å². The zero-order chi connectivity index (χ0) is 14.0. The largest absolute Gasteiger partial charge is 0.326 e. The number of nitrogens with one attached hydrogen (secondary N) is 2. The maximum absolute atomic E-state index is 12.0. The summed E-state index contributed by atoms with van der Waals surface area (Å²) >= 11 is 0. The summed E-state index contributed by atoms with van der Waals surface area (Å²) in [5, 5.41) is 0. The molecule has 19 heavy (non-hydrogen) atoms. The van der Waals surface area contributed by atoms with E-state index in [1.165, 1.54) is 0 Å². The predicted octanol–water partition coefficient (Wildman–Crippen LogP) is 0.691. The van der Waals surface area contributed by atoms with Gasteiger partial charge in [0.2, 0.25) is 0 Å². The van der Waals surface area contributed by atoms with E-state index >= 15 is 0 Å². The molecule has 1 aromatic carbocycles. The van der Waals surface area contributed by atoms with E-state index in [9.17, 15) is 8.42 Å². The molecule has 5 nitrogen and oxygen atoms in total. The molecular formula is C13H21N3O2S. The minimum absolute atomic E-state index is 0.215. The van der Waals surface area contributed by atoms with Crippen LogP contribution in [0, 0.1) is 5.92 Å². The Balaban J connectivity index is 2.11. The normalized spacial score (nSPS) is 22.7. The number of fused-ring (bicyclic) bond motifs is 1. The molecule has 0 aliphatic heterocycles. The van der Waals surface area contributed by atoms with E-state index in [1.807, 2.05) is 38.1 Å². The predicted molar refractivity (Wildman–Crippen MR) is 75.8 cm³/mol. The first-order chi connectivity index (χ1) is 8.89. The van der Waals surface area contributed by atoms with Crippen LogP contribution in [0.1, 0.15) is 31.0 Å². The molecule has 2 unspecified atom stereocenters. The maximum Gasteiger partial charge on any atom is 0.277 e. The summed E-state index contributed by atoms with van der Waals surface area (Å²) in [5.74, 6) is 0.265. The first-order valence-electron chi connectivity index (χ1n) is 6.49. The lowest BCUT2D eigenvalue weighted by molar-refractivity contribution is 0.502. The lowest BCUT2D eigenvalue weighted by Gasteiger charge is -2.19. The van der Waals surface area contributed by atoms with Gasteiger partial charge in [-0.3, -0.25) is 0 Å². The molecular weight excluding hydrogens is 262 g/mol. The van der Waals surface area contributed by atoms with Gasteiger partial charge >= 0.3 is 0 Å². The molecule has 6 heteroatoms. The van der Waals surface area contributed by atoms with Crippen LogP contribution >= 0.6 is 0 Å². The van der Waals surface area contributed by atoms with Gasteiger partial charge in [-0.05, 0) is 23.5 Å². The number of hydrogen-bond acceptors (Lipinski definition) is 3. The zero-order valence-corrected chi connectivity index (χ0v) is 12.1. The lowest BCUT2D eigenvalue weighted by atomic mass is 10.1. The van der Waals surface area contributed by atoms with E-state index in [2.05, 4.69) is 9.44 Å². The third kappa shape index (κ3) is 3.54. The Labute approximate surface area is 114 Å². The molecule has 0 bridgehead atoms. The van der Waals surface area contributed by atoms with E-state index in [4.69, 9.17) is 5.73 Å². The fraction of sp³-hybridized carbons (Fsp3) is 0.538. The van der Waals surface area contributed by atoms with Crippen molar-refractivity contribution in [3.8, 4) is 0 Å². The highest BCUT2D eigenvalue weighted by Gasteiger charge is 2.32. The van der Waals surface area contributed by atoms with Gasteiger partial charge in [-0.2, -0.15) is 13.1 Å². The van der Waals surface area contributed by atoms with E-state index in [1.54, 1.807) is 0 Å². The molecule has 1 aromatic rings. The van der Waals surface area contributed by atoms with Gasteiger partial charge in [0.05, 0.1) is 6.04 Å². The second kappa shape index (κ2) is 5.58. The van der Waals surface area contributed by atoms with Crippen LogP contribution in [0.15, 0.2) is 24.3 Å². The van der Waals surface area contributed by atoms with Crippen molar-refractivity contribution in [1.82, 2.24) is 9.44 Å². The molecule has 1 aliphatic rings. The number of nitrogens with two attached hydrogens (primary N) is 1. The Morgan fingerprint density at radius 1 is 1.37 bits per heavy atom. The van der Waals surface area contributed by atoms with Crippen LogP contribution in [0.3, 0.4) is 0 Å². The summed E-state index contributed by atoms with van der Waals surface area (Å²) < 4.78 is 29.1. The van der Waals surface area contributed by atoms with Crippen molar-refractivity contribution in [2.45, 2.75) is 32.4 Å². The molecule has 0 amide bonds. The van der Waals surface area contributed by atoms with Crippen molar-refractivity contribution in [2.75, 3.05) is 6.54 Å². The van der Waals surface area contributed by atoms with Crippen molar-refractivity contribution < 1.29 is 8.42 Å². The second-order valence-corrected chi connectivity index (χ2v) is 6.94. The first-order valence-corrected chi connectivity index (χ1v) is 7.97. The minimum atomic E-state index is -3.52. The first kappa shape index (κ1) is 14.5. The van der Waals surface area contributed by atoms with Crippen LogP contribution in [-0.2, 0) is 16.6 Å². The Bertz CT molecular complexity index is 543. The summed E-state index contributed by atoms with van der Waals surface area (Å²) in [6.45, 7) is 4.33. The topological polar surface area (TPSA) is 84.2 Å². The number of rotatable bonds is 5. The molecule has 106 valence electrons. The fourth-order valence-electron chi connectivity index (χ4n) is 2.26. The summed E-state index contributed by atoms with van der Waals surface area (Å²) in [7, 11) is -3.52. The van der Waals surface area contributed by atoms with Crippen LogP contribution < -0.4 is 15.2 Å². The summed E-state index contributed by atoms with van der Waals surface area (Å²) in [6.07, 6.45) is 0.702. The summed E-state index contributed by atoms with van der Waals surface area (Å²) in [5.41, 5.74) is 8.13. The van der Waals surface area contributed by atoms with Gasteiger partial charge in [0.15, 0.2) is 0 Å². The molecule has 2 atom stereocenters. The Morgan fingerprint density at radius 3 is 2.74 bits per heavy atom. The van der Waals surface area contributed by atoms with Crippen molar-refractivity contribution in [3.63, 3.8) is 0 Å². The van der Waals surface area contributed by atoms with E-state index in [0.29, 0.717) is 13.0 Å². The molecule has 0 saturated carbocycles. The van der Waals surface area contributed by atoms with Gasteiger partial charge in [0.1, 0.15) is 0 Å². The van der Waals surface area contributed by atoms with Gasteiger partial charge in [-0.25, -0.2) is 4.72 Å². The van der Waals surface area contributed by atoms with Crippen LogP contribution in [-0.4, -0.2) is 21.0 Å². The van der Waals surface area contributed by atoms with E-state index in [-0.39, 0.29) is 18.0 Å². The van der Waals surface area contributed by atoms with Crippen LogP contribution in [0.2, 0.25) is 0 Å². The quantitative estimate of drug-likeness (QED) is 0.743. The molecule has 0 heterocycles. The average molecular weight is 283 g/mol. The Kier molecular flexibility index (Phi) is 4.25. The van der Waals surface area contributed by atoms with Crippen LogP contribution in [0.4, 0.5) is 0 Å². The molecule has 0 spiro atoms. The average Bonchev–Trinajstić information content (AvgIpc) is 2.64. The standard InChI is InChI=1S/C13H21N3O2S/c1-9(2)8-15-19(17,18)16-13-11-6-4-3-5-10(11)7-12(13)14/h3-6,9,12-13,15-16H,7-8,14H2,1-2H3. The smallest absolute Gasteiger partial charge is 0.277 e. The summed E-state index contributed by atoms with van der Waals surface area (Å²) in [4.78, 5) is 0. The lowest BCUT2D eigenvalue weighted by Crippen LogP contribution is -2.44. The molecule has 1 aliphatic carbocycles. The van der Waals surface area contributed by atoms with Crippen molar-refractivity contribution >= 4 is 10.2 Å². The second-order valence-electron chi connectivity index (χ2n) is 5.41. The Hall–Kier alpha value is -0.950. The number of benzene rings is 1. The highest BCUT2D eigenvalue weighted by Crippen LogP contribution is 2.30. The highest BCUT2D eigenvalue weighted by atomic mass is 32.2. The van der Waals surface area contributed by atoms with Gasteiger partial charge < -0.3 is 5.73 Å². The third-order valence-corrected chi connectivity index (χ3v) is 4.35. The van der Waals surface area contributed by atoms with Crippen molar-refractivity contribution in [2.24, 2.45) is 11.7 Å². The SMILES string of the molecule is CC(C)CNS(=O)(=O)NC1c2ccccc2CC1N. The zero-order valence-electron chi connectivity index (χ0n) is 11.3. The molecule has 0 radical (unpaired) electrons. The van der Waals surface area contributed by atoms with E-state index < -0.39 is 10.2 Å². The molecule has 4 N–H and O–H groups in total. The minimum Gasteiger partial charge on any atom is -0.326 e. The van der Waals surface area contributed by atoms with Gasteiger partial charge in [0.25, 0.3) is 10.2 Å². The van der Waals surface area contributed by atoms with Crippen LogP contribution in [0.25, 0.3) is 0 Å². The van der Waals surface area contributed by atoms with E-state index in [0.717, 1.165) is 11.1 Å². The molecule has 2 rings (SSSR count). The molecule has 0 aromatic heterocycles. The van der Waals surface area contributed by atoms with Gasteiger partial charge in [-0.1, -0.05) is 38.1 Å². The highest BCUT2D eigenvalue weighted by molar-refractivity contribution is 7.87. The monoisotopic (exact) mass is 283 g/mol. The molecule has 0 saturated heterocycles. The number of hydrogen-bond donors (Lipinski definition) is 3.